The Morgan fingerprint density at radius 3 is 2.94 bits per heavy atom. The largest absolute Gasteiger partial charge is 0.374 e. The van der Waals surface area contributed by atoms with Crippen LogP contribution in [-0.2, 0) is 6.42 Å². The number of hydrogen-bond acceptors (Lipinski definition) is 7. The van der Waals surface area contributed by atoms with E-state index in [2.05, 4.69) is 20.4 Å². The van der Waals surface area contributed by atoms with Crippen LogP contribution in [0.4, 0.5) is 5.13 Å². The Labute approximate surface area is 107 Å². The zero-order valence-corrected chi connectivity index (χ0v) is 10.9. The summed E-state index contributed by atoms with van der Waals surface area (Å²) in [6.45, 7) is 0. The molecular weight excluding hydrogens is 254 g/mol. The normalized spacial score (nSPS) is 24.2. The minimum absolute atomic E-state index is 0.544. The van der Waals surface area contributed by atoms with E-state index >= 15 is 0 Å². The fraction of sp³-hybridized carbons (Fsp3) is 0.600. The van der Waals surface area contributed by atoms with Gasteiger partial charge in [-0.3, -0.25) is 0 Å². The summed E-state index contributed by atoms with van der Waals surface area (Å²) in [6.07, 6.45) is 4.66. The van der Waals surface area contributed by atoms with Crippen LogP contribution in [0, 0.1) is 5.92 Å². The summed E-state index contributed by atoms with van der Waals surface area (Å²) >= 11 is 3.17. The van der Waals surface area contributed by atoms with Gasteiger partial charge in [-0.15, -0.1) is 31.7 Å². The molecular formula is C10H13N5S2. The molecule has 1 saturated carbocycles. The molecule has 2 atom stereocenters. The Kier molecular flexibility index (Phi) is 3.02. The third kappa shape index (κ3) is 2.44. The smallest absolute Gasteiger partial charge is 0.203 e. The number of aromatic nitrogens is 4. The Balaban J connectivity index is 1.62. The maximum atomic E-state index is 5.62. The van der Waals surface area contributed by atoms with Crippen molar-refractivity contribution in [3.63, 3.8) is 0 Å². The van der Waals surface area contributed by atoms with Crippen molar-refractivity contribution >= 4 is 27.8 Å². The molecule has 1 aliphatic carbocycles. The number of nitrogens with two attached hydrogens (primary N) is 1. The van der Waals surface area contributed by atoms with Gasteiger partial charge in [0.1, 0.15) is 15.5 Å². The number of hydrogen-bond donors (Lipinski definition) is 1. The molecule has 0 bridgehead atoms. The highest BCUT2D eigenvalue weighted by molar-refractivity contribution is 7.15. The van der Waals surface area contributed by atoms with Gasteiger partial charge in [0.05, 0.1) is 0 Å². The minimum Gasteiger partial charge on any atom is -0.374 e. The first-order chi connectivity index (χ1) is 8.31. The molecule has 0 spiro atoms. The molecule has 1 aliphatic rings. The third-order valence-corrected chi connectivity index (χ3v) is 4.85. The number of nitrogen functional groups attached to an aromatic ring is 1. The lowest BCUT2D eigenvalue weighted by atomic mass is 10.0. The molecule has 2 heterocycles. The summed E-state index contributed by atoms with van der Waals surface area (Å²) in [5.74, 6) is 1.25. The zero-order valence-electron chi connectivity index (χ0n) is 9.24. The quantitative estimate of drug-likeness (QED) is 0.921. The molecule has 0 aliphatic heterocycles. The highest BCUT2D eigenvalue weighted by atomic mass is 32.1. The summed E-state index contributed by atoms with van der Waals surface area (Å²) in [5.41, 5.74) is 7.42. The van der Waals surface area contributed by atoms with Gasteiger partial charge in [0, 0.05) is 12.3 Å². The van der Waals surface area contributed by atoms with Crippen molar-refractivity contribution in [1.82, 2.24) is 20.4 Å². The fourth-order valence-corrected chi connectivity index (χ4v) is 3.83. The molecule has 90 valence electrons. The van der Waals surface area contributed by atoms with E-state index in [0.29, 0.717) is 17.0 Å². The Hall–Kier alpha value is -1.08. The topological polar surface area (TPSA) is 77.6 Å². The highest BCUT2D eigenvalue weighted by Crippen LogP contribution is 2.40. The molecule has 3 rings (SSSR count). The predicted molar refractivity (Wildman–Crippen MR) is 68.0 cm³/mol. The van der Waals surface area contributed by atoms with E-state index in [1.165, 1.54) is 30.6 Å². The van der Waals surface area contributed by atoms with Crippen LogP contribution in [-0.4, -0.2) is 20.4 Å². The van der Waals surface area contributed by atoms with Crippen molar-refractivity contribution in [2.75, 3.05) is 5.73 Å². The highest BCUT2D eigenvalue weighted by Gasteiger charge is 2.28. The van der Waals surface area contributed by atoms with Gasteiger partial charge in [0.15, 0.2) is 0 Å². The summed E-state index contributed by atoms with van der Waals surface area (Å²) in [5, 5.41) is 18.8. The second-order valence-corrected chi connectivity index (χ2v) is 6.35. The van der Waals surface area contributed by atoms with Gasteiger partial charge in [-0.2, -0.15) is 0 Å². The van der Waals surface area contributed by atoms with Crippen LogP contribution in [0.3, 0.4) is 0 Å². The second kappa shape index (κ2) is 4.66. The molecule has 0 unspecified atom stereocenters. The van der Waals surface area contributed by atoms with Gasteiger partial charge < -0.3 is 5.73 Å². The van der Waals surface area contributed by atoms with Crippen LogP contribution < -0.4 is 5.73 Å². The van der Waals surface area contributed by atoms with Crippen LogP contribution in [0.5, 0.6) is 0 Å². The first-order valence-corrected chi connectivity index (χ1v) is 7.35. The second-order valence-electron chi connectivity index (χ2n) is 4.39. The Morgan fingerprint density at radius 1 is 1.29 bits per heavy atom. The van der Waals surface area contributed by atoms with E-state index in [0.717, 1.165) is 16.4 Å². The number of rotatable bonds is 3. The van der Waals surface area contributed by atoms with Gasteiger partial charge in [0.2, 0.25) is 5.13 Å². The van der Waals surface area contributed by atoms with Gasteiger partial charge in [-0.05, 0) is 25.2 Å². The lowest BCUT2D eigenvalue weighted by Gasteiger charge is -2.06. The standard InChI is InChI=1S/C10H13N5S2/c11-10-15-14-9(17-10)7-2-1-6(3-7)4-8-13-12-5-16-8/h5-7H,1-4H2,(H2,11,15)/t6-,7+/m1/s1. The molecule has 17 heavy (non-hydrogen) atoms. The van der Waals surface area contributed by atoms with E-state index in [9.17, 15) is 0 Å². The molecule has 1 fully saturated rings. The molecule has 2 aromatic heterocycles. The third-order valence-electron chi connectivity index (χ3n) is 3.22. The number of nitrogens with zero attached hydrogens (tertiary/aromatic N) is 4. The zero-order chi connectivity index (χ0) is 11.7. The average molecular weight is 267 g/mol. The summed E-state index contributed by atoms with van der Waals surface area (Å²) in [7, 11) is 0. The Bertz CT molecular complexity index is 481. The monoisotopic (exact) mass is 267 g/mol. The molecule has 5 nitrogen and oxygen atoms in total. The van der Waals surface area contributed by atoms with E-state index < -0.39 is 0 Å². The van der Waals surface area contributed by atoms with Crippen molar-refractivity contribution in [3.8, 4) is 0 Å². The van der Waals surface area contributed by atoms with Crippen molar-refractivity contribution in [1.29, 1.82) is 0 Å². The summed E-state index contributed by atoms with van der Waals surface area (Å²) in [6, 6.07) is 0. The van der Waals surface area contributed by atoms with Crippen molar-refractivity contribution in [3.05, 3.63) is 15.5 Å². The van der Waals surface area contributed by atoms with Gasteiger partial charge in [0.25, 0.3) is 0 Å². The van der Waals surface area contributed by atoms with Crippen molar-refractivity contribution in [2.45, 2.75) is 31.6 Å². The van der Waals surface area contributed by atoms with Crippen LogP contribution in [0.15, 0.2) is 5.51 Å². The van der Waals surface area contributed by atoms with E-state index in [1.807, 2.05) is 0 Å². The average Bonchev–Trinajstić information content (AvgIpc) is 2.99. The summed E-state index contributed by atoms with van der Waals surface area (Å²) < 4.78 is 0. The maximum Gasteiger partial charge on any atom is 0.203 e. The summed E-state index contributed by atoms with van der Waals surface area (Å²) in [4.78, 5) is 0. The first-order valence-electron chi connectivity index (χ1n) is 5.65. The molecule has 2 aromatic rings. The molecule has 0 aromatic carbocycles. The van der Waals surface area contributed by atoms with Crippen LogP contribution in [0.2, 0.25) is 0 Å². The van der Waals surface area contributed by atoms with Gasteiger partial charge in [-0.25, -0.2) is 0 Å². The number of anilines is 1. The predicted octanol–water partition coefficient (Wildman–Crippen LogP) is 2.10. The van der Waals surface area contributed by atoms with Gasteiger partial charge in [-0.1, -0.05) is 11.3 Å². The van der Waals surface area contributed by atoms with Gasteiger partial charge >= 0.3 is 0 Å². The molecule has 0 radical (unpaired) electrons. The minimum atomic E-state index is 0.544. The van der Waals surface area contributed by atoms with Crippen LogP contribution >= 0.6 is 22.7 Å². The molecule has 0 amide bonds. The molecule has 7 heteroatoms. The fourth-order valence-electron chi connectivity index (χ4n) is 2.43. The van der Waals surface area contributed by atoms with E-state index in [1.54, 1.807) is 16.8 Å². The van der Waals surface area contributed by atoms with Crippen molar-refractivity contribution < 1.29 is 0 Å². The molecule has 2 N–H and O–H groups in total. The lowest BCUT2D eigenvalue weighted by molar-refractivity contribution is 0.531. The van der Waals surface area contributed by atoms with E-state index in [4.69, 9.17) is 5.73 Å². The van der Waals surface area contributed by atoms with E-state index in [-0.39, 0.29) is 0 Å². The first kappa shape index (κ1) is 11.0. The van der Waals surface area contributed by atoms with Crippen molar-refractivity contribution in [2.24, 2.45) is 5.92 Å². The van der Waals surface area contributed by atoms with Crippen LogP contribution in [0.25, 0.3) is 0 Å². The van der Waals surface area contributed by atoms with Crippen LogP contribution in [0.1, 0.15) is 35.2 Å². The lowest BCUT2D eigenvalue weighted by Crippen LogP contribution is -2.00. The SMILES string of the molecule is Nc1nnc([C@H]2CC[C@@H](Cc3nncs3)C2)s1. The Morgan fingerprint density at radius 2 is 2.24 bits per heavy atom. The maximum absolute atomic E-state index is 5.62. The molecule has 0 saturated heterocycles.